The van der Waals surface area contributed by atoms with Crippen LogP contribution in [0, 0.1) is 18.7 Å². The largest absolute Gasteiger partial charge is 0.346 e. The summed E-state index contributed by atoms with van der Waals surface area (Å²) in [7, 11) is 0. The van der Waals surface area contributed by atoms with Crippen LogP contribution in [0.25, 0.3) is 61.0 Å². The van der Waals surface area contributed by atoms with Crippen LogP contribution in [-0.2, 0) is 6.42 Å². The zero-order valence-corrected chi connectivity index (χ0v) is 35.0. The van der Waals surface area contributed by atoms with Crippen molar-refractivity contribution in [1.82, 2.24) is 29.5 Å². The third-order valence-electron chi connectivity index (χ3n) is 11.2. The number of benzene rings is 3. The van der Waals surface area contributed by atoms with E-state index in [2.05, 4.69) is 126 Å². The normalized spacial score (nSPS) is 14.1. The molecule has 1 N–H and O–H groups in total. The number of aromatic amines is 1. The Kier molecular flexibility index (Phi) is 10.9. The fourth-order valence-electron chi connectivity index (χ4n) is 8.62. The Morgan fingerprint density at radius 1 is 0.746 bits per heavy atom. The van der Waals surface area contributed by atoms with Gasteiger partial charge in [-0.2, -0.15) is 0 Å². The molecule has 8 heteroatoms. The third-order valence-corrected chi connectivity index (χ3v) is 11.2. The first kappa shape index (κ1) is 39.3. The van der Waals surface area contributed by atoms with E-state index in [4.69, 9.17) is 9.97 Å². The molecule has 0 bridgehead atoms. The minimum absolute atomic E-state index is 0. The number of hydrogen-bond donors (Lipinski definition) is 1. The highest BCUT2D eigenvalue weighted by Gasteiger charge is 2.30. The second kappa shape index (κ2) is 16.4. The fraction of sp³-hybridized carbons (Fsp3) is 0.235. The van der Waals surface area contributed by atoms with Gasteiger partial charge in [0.05, 0.1) is 23.1 Å². The van der Waals surface area contributed by atoms with Crippen molar-refractivity contribution in [3.05, 3.63) is 156 Å². The first-order valence-electron chi connectivity index (χ1n) is 20.7. The van der Waals surface area contributed by atoms with Crippen LogP contribution in [0.1, 0.15) is 90.2 Å². The van der Waals surface area contributed by atoms with E-state index >= 15 is 0 Å². The van der Waals surface area contributed by atoms with E-state index in [1.54, 1.807) is 6.07 Å². The first-order chi connectivity index (χ1) is 28.6. The minimum Gasteiger partial charge on any atom is -0.346 e. The van der Waals surface area contributed by atoms with Gasteiger partial charge in [-0.3, -0.25) is 15.0 Å². The van der Waals surface area contributed by atoms with E-state index < -0.39 is 0 Å². The van der Waals surface area contributed by atoms with Crippen LogP contribution >= 0.6 is 0 Å². The van der Waals surface area contributed by atoms with E-state index in [0.717, 1.165) is 90.4 Å². The molecular formula is C51H52FN7. The Morgan fingerprint density at radius 3 is 2.10 bits per heavy atom. The average molecular weight is 782 g/mol. The molecule has 1 atom stereocenters. The molecule has 3 aromatic carbocycles. The maximum absolute atomic E-state index is 15.0. The number of rotatable bonds is 6. The van der Waals surface area contributed by atoms with Crippen LogP contribution in [0.5, 0.6) is 0 Å². The van der Waals surface area contributed by atoms with E-state index in [1.807, 2.05) is 69.8 Å². The van der Waals surface area contributed by atoms with Gasteiger partial charge in [-0.1, -0.05) is 94.4 Å². The molecular weight excluding hydrogens is 730 g/mol. The van der Waals surface area contributed by atoms with E-state index in [0.29, 0.717) is 17.6 Å². The molecule has 8 aromatic rings. The topological polar surface area (TPSA) is 84.6 Å². The molecule has 0 radical (unpaired) electrons. The highest BCUT2D eigenvalue weighted by molar-refractivity contribution is 6.00. The summed E-state index contributed by atoms with van der Waals surface area (Å²) in [5.41, 5.74) is 16.1. The molecule has 10 rings (SSSR count). The van der Waals surface area contributed by atoms with Crippen molar-refractivity contribution < 1.29 is 5.82 Å². The van der Waals surface area contributed by atoms with E-state index in [1.165, 1.54) is 11.1 Å². The Morgan fingerprint density at radius 2 is 1.42 bits per heavy atom. The second-order valence-corrected chi connectivity index (χ2v) is 15.6. The number of fused-ring (bicyclic) bond motifs is 4. The molecule has 6 heterocycles. The highest BCUT2D eigenvalue weighted by Crippen LogP contribution is 2.44. The quantitative estimate of drug-likeness (QED) is 0.182. The molecule has 0 spiro atoms. The van der Waals surface area contributed by atoms with Crippen LogP contribution in [0.2, 0.25) is 0 Å². The number of hydrogen-bond acceptors (Lipinski definition) is 5. The van der Waals surface area contributed by atoms with Gasteiger partial charge in [-0.25, -0.2) is 14.4 Å². The van der Waals surface area contributed by atoms with Crippen LogP contribution in [-0.4, -0.2) is 35.2 Å². The molecule has 0 amide bonds. The molecule has 1 unspecified atom stereocenters. The van der Waals surface area contributed by atoms with Gasteiger partial charge in [0.15, 0.2) is 0 Å². The fourth-order valence-corrected chi connectivity index (χ4v) is 8.62. The van der Waals surface area contributed by atoms with Gasteiger partial charge in [0.25, 0.3) is 0 Å². The number of H-pyrrole nitrogens is 1. The Labute approximate surface area is 347 Å². The molecule has 7 nitrogen and oxygen atoms in total. The summed E-state index contributed by atoms with van der Waals surface area (Å²) in [6, 6.07) is 31.1. The zero-order chi connectivity index (χ0) is 41.4. The van der Waals surface area contributed by atoms with Crippen molar-refractivity contribution >= 4 is 39.0 Å². The number of aromatic nitrogens is 6. The summed E-state index contributed by atoms with van der Waals surface area (Å²) in [6.45, 7) is 16.7. The number of halogens is 1. The van der Waals surface area contributed by atoms with Gasteiger partial charge in [0, 0.05) is 77.3 Å². The van der Waals surface area contributed by atoms with Gasteiger partial charge < -0.3 is 9.55 Å². The number of nitrogens with one attached hydrogen (secondary N) is 1. The summed E-state index contributed by atoms with van der Waals surface area (Å²) in [5, 5.41) is 0.988. The van der Waals surface area contributed by atoms with Crippen molar-refractivity contribution in [2.75, 3.05) is 0 Å². The van der Waals surface area contributed by atoms with Crippen LogP contribution in [0.3, 0.4) is 0 Å². The molecule has 1 aliphatic heterocycles. The van der Waals surface area contributed by atoms with Crippen molar-refractivity contribution in [2.24, 2.45) is 10.9 Å². The number of aryl methyl sites for hydroxylation is 1. The van der Waals surface area contributed by atoms with Crippen molar-refractivity contribution in [3.8, 4) is 33.4 Å². The van der Waals surface area contributed by atoms with Gasteiger partial charge in [0.2, 0.25) is 0 Å². The standard InChI is InChI=1S/C25H22FN3.C24H22N4.C2H6.H2/c1-14(2)23-15(3)29-24-20(23)9-17(11-22(24)26)21-13-28-25-19(21)10-18(12-27-25)16-7-5-4-6-8-16;1-15(2)28-16(3)27-23-14-26-22(12-24(23)28)19-9-10-21-20(19)11-18(13-25-21)17-7-5-4-6-8-17;1-2;/h4-14,23H,1-3H3,(H,27,28);4-9,11-15H,10H2,1-3H3;1-2H3;1H. The van der Waals surface area contributed by atoms with Gasteiger partial charge >= 0.3 is 0 Å². The number of allylic oxidation sites excluding steroid dienone is 1. The third kappa shape index (κ3) is 7.40. The number of imidazole rings is 1. The second-order valence-electron chi connectivity index (χ2n) is 15.6. The number of pyridine rings is 3. The molecule has 0 fully saturated rings. The lowest BCUT2D eigenvalue weighted by Crippen LogP contribution is -2.11. The van der Waals surface area contributed by atoms with Crippen molar-refractivity contribution in [1.29, 1.82) is 0 Å². The Bertz CT molecular complexity index is 2870. The van der Waals surface area contributed by atoms with Gasteiger partial charge in [-0.05, 0) is 86.2 Å². The Balaban J connectivity index is 0.000000172. The number of aliphatic imine (C=N–C) groups is 1. The van der Waals surface area contributed by atoms with Crippen LogP contribution < -0.4 is 0 Å². The Hall–Kier alpha value is -6.54. The molecule has 1 aliphatic carbocycles. The minimum atomic E-state index is -0.262. The lowest BCUT2D eigenvalue weighted by molar-refractivity contribution is 0.600. The van der Waals surface area contributed by atoms with Gasteiger partial charge in [-0.15, -0.1) is 0 Å². The lowest BCUT2D eigenvalue weighted by atomic mass is 9.85. The predicted molar refractivity (Wildman–Crippen MR) is 244 cm³/mol. The van der Waals surface area contributed by atoms with Crippen molar-refractivity contribution in [2.45, 2.75) is 73.8 Å². The van der Waals surface area contributed by atoms with Crippen LogP contribution in [0.4, 0.5) is 10.1 Å². The molecule has 5 aromatic heterocycles. The van der Waals surface area contributed by atoms with Crippen molar-refractivity contribution in [3.63, 3.8) is 0 Å². The maximum atomic E-state index is 15.0. The number of nitrogens with zero attached hydrogens (tertiary/aromatic N) is 6. The first-order valence-corrected chi connectivity index (χ1v) is 20.7. The molecule has 0 saturated heterocycles. The predicted octanol–water partition coefficient (Wildman–Crippen LogP) is 13.5. The average Bonchev–Trinajstić information content (AvgIpc) is 4.04. The SMILES string of the molecule is CC.CC1=Nc2c(F)cc(-c3c[nH]c4ncc(-c5ccccc5)cc34)cc2C1C(C)C.Cc1nc2cnc(C3=CCc4ncc(-c5ccccc5)cc43)cc2n1C(C)C.[HH]. The molecule has 59 heavy (non-hydrogen) atoms. The van der Waals surface area contributed by atoms with E-state index in [9.17, 15) is 4.39 Å². The lowest BCUT2D eigenvalue weighted by Gasteiger charge is -2.17. The smallest absolute Gasteiger partial charge is 0.149 e. The summed E-state index contributed by atoms with van der Waals surface area (Å²) in [6.07, 6.45) is 10.7. The maximum Gasteiger partial charge on any atom is 0.149 e. The van der Waals surface area contributed by atoms with Gasteiger partial charge in [0.1, 0.15) is 28.5 Å². The zero-order valence-electron chi connectivity index (χ0n) is 35.0. The summed E-state index contributed by atoms with van der Waals surface area (Å²) in [5.74, 6) is 1.28. The summed E-state index contributed by atoms with van der Waals surface area (Å²) >= 11 is 0. The van der Waals surface area contributed by atoms with E-state index in [-0.39, 0.29) is 13.2 Å². The summed E-state index contributed by atoms with van der Waals surface area (Å²) < 4.78 is 17.2. The highest BCUT2D eigenvalue weighted by atomic mass is 19.1. The molecule has 298 valence electrons. The molecule has 2 aliphatic rings. The monoisotopic (exact) mass is 781 g/mol. The van der Waals surface area contributed by atoms with Crippen LogP contribution in [0.15, 0.2) is 127 Å². The molecule has 0 saturated carbocycles. The summed E-state index contributed by atoms with van der Waals surface area (Å²) in [4.78, 5) is 26.5.